The van der Waals surface area contributed by atoms with E-state index in [4.69, 9.17) is 16.7 Å². The molecule has 1 aromatic heterocycles. The van der Waals surface area contributed by atoms with Crippen molar-refractivity contribution in [2.75, 3.05) is 7.05 Å². The van der Waals surface area contributed by atoms with Crippen molar-refractivity contribution < 1.29 is 9.90 Å². The number of benzene rings is 2. The molecule has 0 atom stereocenters. The third-order valence-electron chi connectivity index (χ3n) is 5.95. The standard InChI is InChI=1S/C26H27ClN2O3/c1-28(16-19-5-3-2-4-6-19)17-24-22(20-11-12-20)15-23(27)25(30)29(24)14-13-18-7-9-21(10-8-18)26(31)32/h2-10,15,20H,11-14,16-17H2,1H3,(H,31,32). The van der Waals surface area contributed by atoms with Crippen LogP contribution in [0.5, 0.6) is 0 Å². The van der Waals surface area contributed by atoms with E-state index in [1.54, 1.807) is 12.1 Å². The number of carbonyl (C=O) groups is 1. The van der Waals surface area contributed by atoms with Crippen LogP contribution in [-0.2, 0) is 26.1 Å². The van der Waals surface area contributed by atoms with Gasteiger partial charge < -0.3 is 9.67 Å². The molecule has 1 aliphatic rings. The third-order valence-corrected chi connectivity index (χ3v) is 6.22. The molecule has 3 aromatic rings. The molecule has 5 nitrogen and oxygen atoms in total. The number of hydrogen-bond acceptors (Lipinski definition) is 3. The maximum Gasteiger partial charge on any atom is 0.335 e. The van der Waals surface area contributed by atoms with Crippen molar-refractivity contribution in [1.82, 2.24) is 9.47 Å². The summed E-state index contributed by atoms with van der Waals surface area (Å²) in [5.41, 5.74) is 4.51. The van der Waals surface area contributed by atoms with Gasteiger partial charge in [-0.25, -0.2) is 4.79 Å². The van der Waals surface area contributed by atoms with Gasteiger partial charge in [0, 0.05) is 25.3 Å². The van der Waals surface area contributed by atoms with Gasteiger partial charge in [0.15, 0.2) is 0 Å². The van der Waals surface area contributed by atoms with E-state index in [0.29, 0.717) is 25.4 Å². The minimum Gasteiger partial charge on any atom is -0.478 e. The summed E-state index contributed by atoms with van der Waals surface area (Å²) >= 11 is 6.35. The molecule has 2 aromatic carbocycles. The molecule has 1 heterocycles. The summed E-state index contributed by atoms with van der Waals surface area (Å²) in [6.07, 6.45) is 2.88. The van der Waals surface area contributed by atoms with Crippen molar-refractivity contribution in [2.24, 2.45) is 0 Å². The normalized spacial score (nSPS) is 13.5. The molecule has 0 saturated heterocycles. The van der Waals surface area contributed by atoms with E-state index < -0.39 is 5.97 Å². The van der Waals surface area contributed by atoms with Crippen molar-refractivity contribution in [2.45, 2.75) is 44.8 Å². The maximum absolute atomic E-state index is 13.0. The molecular weight excluding hydrogens is 424 g/mol. The van der Waals surface area contributed by atoms with Crippen LogP contribution in [0.25, 0.3) is 0 Å². The van der Waals surface area contributed by atoms with Crippen LogP contribution in [0.4, 0.5) is 0 Å². The zero-order chi connectivity index (χ0) is 22.7. The Hall–Kier alpha value is -2.89. The van der Waals surface area contributed by atoms with E-state index in [2.05, 4.69) is 24.1 Å². The molecular formula is C26H27ClN2O3. The molecule has 0 spiro atoms. The van der Waals surface area contributed by atoms with Crippen LogP contribution in [0.15, 0.2) is 65.5 Å². The third kappa shape index (κ3) is 5.29. The average molecular weight is 451 g/mol. The lowest BCUT2D eigenvalue weighted by Gasteiger charge is -2.23. The fourth-order valence-electron chi connectivity index (χ4n) is 4.11. The Balaban J connectivity index is 1.60. The van der Waals surface area contributed by atoms with Crippen LogP contribution in [0.3, 0.4) is 0 Å². The second kappa shape index (κ2) is 9.72. The Morgan fingerprint density at radius 1 is 1.06 bits per heavy atom. The number of halogens is 1. The van der Waals surface area contributed by atoms with E-state index in [0.717, 1.165) is 30.6 Å². The van der Waals surface area contributed by atoms with E-state index >= 15 is 0 Å². The summed E-state index contributed by atoms with van der Waals surface area (Å²) in [6.45, 7) is 1.95. The minimum atomic E-state index is -0.944. The van der Waals surface area contributed by atoms with E-state index in [-0.39, 0.29) is 16.1 Å². The van der Waals surface area contributed by atoms with Gasteiger partial charge in [-0.15, -0.1) is 0 Å². The number of aromatic nitrogens is 1. The molecule has 0 unspecified atom stereocenters. The van der Waals surface area contributed by atoms with E-state index in [1.807, 2.05) is 41.0 Å². The van der Waals surface area contributed by atoms with Crippen molar-refractivity contribution in [1.29, 1.82) is 0 Å². The minimum absolute atomic E-state index is 0.165. The van der Waals surface area contributed by atoms with Gasteiger partial charge in [0.2, 0.25) is 0 Å². The number of carboxylic acid groups (broad SMARTS) is 1. The molecule has 32 heavy (non-hydrogen) atoms. The molecule has 0 radical (unpaired) electrons. The molecule has 1 aliphatic carbocycles. The molecule has 1 fully saturated rings. The van der Waals surface area contributed by atoms with Gasteiger partial charge in [-0.1, -0.05) is 54.1 Å². The number of aryl methyl sites for hydroxylation is 1. The van der Waals surface area contributed by atoms with E-state index in [1.165, 1.54) is 11.1 Å². The fourth-order valence-corrected chi connectivity index (χ4v) is 4.33. The monoisotopic (exact) mass is 450 g/mol. The summed E-state index contributed by atoms with van der Waals surface area (Å²) in [4.78, 5) is 26.3. The quantitative estimate of drug-likeness (QED) is 0.501. The van der Waals surface area contributed by atoms with Crippen LogP contribution in [0.1, 0.15) is 51.5 Å². The molecule has 4 rings (SSSR count). The molecule has 0 aliphatic heterocycles. The number of carboxylic acids is 1. The maximum atomic E-state index is 13.0. The SMILES string of the molecule is CN(Cc1ccccc1)Cc1c(C2CC2)cc(Cl)c(=O)n1CCc1ccc(C(=O)O)cc1. The van der Waals surface area contributed by atoms with Crippen LogP contribution in [0, 0.1) is 0 Å². The second-order valence-electron chi connectivity index (χ2n) is 8.54. The predicted molar refractivity (Wildman–Crippen MR) is 126 cm³/mol. The number of rotatable bonds is 9. The lowest BCUT2D eigenvalue weighted by molar-refractivity contribution is 0.0697. The van der Waals surface area contributed by atoms with E-state index in [9.17, 15) is 9.59 Å². The number of aromatic carboxylic acids is 1. The van der Waals surface area contributed by atoms with Gasteiger partial charge in [-0.2, -0.15) is 0 Å². The Morgan fingerprint density at radius 3 is 2.38 bits per heavy atom. The van der Waals surface area contributed by atoms with Gasteiger partial charge in [-0.05, 0) is 67.1 Å². The van der Waals surface area contributed by atoms with Crippen LogP contribution < -0.4 is 5.56 Å². The highest BCUT2D eigenvalue weighted by Crippen LogP contribution is 2.42. The highest BCUT2D eigenvalue weighted by atomic mass is 35.5. The topological polar surface area (TPSA) is 62.5 Å². The summed E-state index contributed by atoms with van der Waals surface area (Å²) in [5.74, 6) is -0.477. The van der Waals surface area contributed by atoms with Gasteiger partial charge >= 0.3 is 5.97 Å². The van der Waals surface area contributed by atoms with Crippen molar-refractivity contribution >= 4 is 17.6 Å². The molecule has 0 amide bonds. The van der Waals surface area contributed by atoms with Crippen molar-refractivity contribution in [3.05, 3.63) is 104 Å². The first kappa shape index (κ1) is 22.3. The van der Waals surface area contributed by atoms with Crippen LogP contribution in [0.2, 0.25) is 5.02 Å². The second-order valence-corrected chi connectivity index (χ2v) is 8.94. The van der Waals surface area contributed by atoms with Gasteiger partial charge in [0.1, 0.15) is 5.02 Å². The molecule has 0 bridgehead atoms. The Kier molecular flexibility index (Phi) is 6.77. The Labute approximate surface area is 192 Å². The highest BCUT2D eigenvalue weighted by molar-refractivity contribution is 6.30. The number of nitrogens with zero attached hydrogens (tertiary/aromatic N) is 2. The average Bonchev–Trinajstić information content (AvgIpc) is 3.62. The molecule has 6 heteroatoms. The first-order valence-corrected chi connectivity index (χ1v) is 11.3. The zero-order valence-electron chi connectivity index (χ0n) is 18.1. The summed E-state index contributed by atoms with van der Waals surface area (Å²) < 4.78 is 1.82. The summed E-state index contributed by atoms with van der Waals surface area (Å²) in [7, 11) is 2.07. The largest absolute Gasteiger partial charge is 0.478 e. The first-order chi connectivity index (χ1) is 15.4. The smallest absolute Gasteiger partial charge is 0.335 e. The Bertz CT molecular complexity index is 1150. The first-order valence-electron chi connectivity index (χ1n) is 10.9. The van der Waals surface area contributed by atoms with Crippen molar-refractivity contribution in [3.63, 3.8) is 0 Å². The fraction of sp³-hybridized carbons (Fsp3) is 0.308. The van der Waals surface area contributed by atoms with Gasteiger partial charge in [0.25, 0.3) is 5.56 Å². The van der Waals surface area contributed by atoms with Gasteiger partial charge in [0.05, 0.1) is 5.56 Å². The molecule has 1 N–H and O–H groups in total. The lowest BCUT2D eigenvalue weighted by atomic mass is 10.1. The number of pyridine rings is 1. The van der Waals surface area contributed by atoms with Crippen molar-refractivity contribution in [3.8, 4) is 0 Å². The lowest BCUT2D eigenvalue weighted by Crippen LogP contribution is -2.30. The highest BCUT2D eigenvalue weighted by Gasteiger charge is 2.29. The summed E-state index contributed by atoms with van der Waals surface area (Å²) in [6, 6.07) is 19.0. The van der Waals surface area contributed by atoms with Crippen LogP contribution in [-0.4, -0.2) is 27.6 Å². The number of hydrogen-bond donors (Lipinski definition) is 1. The zero-order valence-corrected chi connectivity index (χ0v) is 18.9. The molecule has 166 valence electrons. The van der Waals surface area contributed by atoms with Crippen LogP contribution >= 0.6 is 11.6 Å². The molecule has 1 saturated carbocycles. The predicted octanol–water partition coefficient (Wildman–Crippen LogP) is 4.95. The summed E-state index contributed by atoms with van der Waals surface area (Å²) in [5, 5.41) is 9.37. The van der Waals surface area contributed by atoms with Gasteiger partial charge in [-0.3, -0.25) is 9.69 Å². The Morgan fingerprint density at radius 2 is 1.75 bits per heavy atom.